The number of carbonyl (C=O) groups is 1. The molecule has 0 spiro atoms. The number of anilines is 2. The van der Waals surface area contributed by atoms with Crippen LogP contribution in [-0.2, 0) is 10.0 Å². The Morgan fingerprint density at radius 2 is 1.59 bits per heavy atom. The lowest BCUT2D eigenvalue weighted by atomic mass is 10.2. The van der Waals surface area contributed by atoms with Gasteiger partial charge in [0, 0.05) is 18.3 Å². The molecular weight excluding hydrogens is 442 g/mol. The van der Waals surface area contributed by atoms with Crippen LogP contribution < -0.4 is 9.62 Å². The molecule has 4 rings (SSSR count). The Morgan fingerprint density at radius 1 is 0.938 bits per heavy atom. The minimum Gasteiger partial charge on any atom is -0.321 e. The molecule has 1 amide bonds. The Bertz CT molecular complexity index is 1350. The monoisotopic (exact) mass is 463 g/mol. The molecule has 32 heavy (non-hydrogen) atoms. The number of para-hydroxylation sites is 1. The van der Waals surface area contributed by atoms with Crippen LogP contribution in [0.5, 0.6) is 0 Å². The van der Waals surface area contributed by atoms with Gasteiger partial charge < -0.3 is 5.32 Å². The van der Waals surface area contributed by atoms with Crippen LogP contribution >= 0.6 is 11.3 Å². The van der Waals surface area contributed by atoms with E-state index in [1.165, 1.54) is 34.8 Å². The van der Waals surface area contributed by atoms with Crippen molar-refractivity contribution < 1.29 is 13.2 Å². The largest absolute Gasteiger partial charge is 0.321 e. The third kappa shape index (κ3) is 4.42. The van der Waals surface area contributed by atoms with E-state index in [0.717, 1.165) is 10.6 Å². The molecule has 0 saturated carbocycles. The van der Waals surface area contributed by atoms with Gasteiger partial charge in [0.1, 0.15) is 9.88 Å². The Labute approximate surface area is 191 Å². The number of rotatable bonds is 6. The van der Waals surface area contributed by atoms with Crippen molar-refractivity contribution in [3.8, 4) is 10.6 Å². The zero-order valence-electron chi connectivity index (χ0n) is 17.5. The number of hydrogen-bond donors (Lipinski definition) is 1. The predicted octanol–water partition coefficient (Wildman–Crippen LogP) is 5.20. The fraction of sp³-hybridized carbons (Fsp3) is 0.0833. The lowest BCUT2D eigenvalue weighted by Crippen LogP contribution is -2.26. The second kappa shape index (κ2) is 8.94. The van der Waals surface area contributed by atoms with Gasteiger partial charge in [0.25, 0.3) is 15.9 Å². The second-order valence-electron chi connectivity index (χ2n) is 7.09. The van der Waals surface area contributed by atoms with Gasteiger partial charge in [-0.05, 0) is 37.3 Å². The van der Waals surface area contributed by atoms with Crippen LogP contribution in [0.4, 0.5) is 11.4 Å². The molecule has 8 heteroatoms. The lowest BCUT2D eigenvalue weighted by molar-refractivity contribution is 0.102. The minimum absolute atomic E-state index is 0.0904. The molecule has 4 aromatic rings. The van der Waals surface area contributed by atoms with Crippen LogP contribution in [0.3, 0.4) is 0 Å². The second-order valence-corrected chi connectivity index (χ2v) is 10.1. The number of amides is 1. The van der Waals surface area contributed by atoms with Gasteiger partial charge in [0.2, 0.25) is 0 Å². The average Bonchev–Trinajstić information content (AvgIpc) is 3.21. The number of nitrogens with zero attached hydrogens (tertiary/aromatic N) is 2. The molecule has 0 aliphatic heterocycles. The summed E-state index contributed by atoms with van der Waals surface area (Å²) in [7, 11) is -2.28. The third-order valence-corrected chi connectivity index (χ3v) is 7.88. The number of carbonyl (C=O) groups excluding carboxylic acids is 1. The van der Waals surface area contributed by atoms with Crippen molar-refractivity contribution in [3.63, 3.8) is 0 Å². The van der Waals surface area contributed by atoms with E-state index in [4.69, 9.17) is 0 Å². The Hall–Kier alpha value is -3.49. The maximum Gasteiger partial charge on any atom is 0.267 e. The van der Waals surface area contributed by atoms with Gasteiger partial charge >= 0.3 is 0 Å². The first-order valence-electron chi connectivity index (χ1n) is 9.84. The SMILES string of the molecule is Cc1nc(-c2ccccc2)sc1C(=O)Nc1cccc(S(=O)(=O)N(C)c2ccccc2)c1. The zero-order chi connectivity index (χ0) is 22.7. The van der Waals surface area contributed by atoms with E-state index < -0.39 is 10.0 Å². The number of sulfonamides is 1. The summed E-state index contributed by atoms with van der Waals surface area (Å²) in [6.45, 7) is 1.79. The molecule has 0 aliphatic carbocycles. The quantitative estimate of drug-likeness (QED) is 0.426. The number of aromatic nitrogens is 1. The van der Waals surface area contributed by atoms with Crippen molar-refractivity contribution in [2.75, 3.05) is 16.7 Å². The highest BCUT2D eigenvalue weighted by atomic mass is 32.2. The number of hydrogen-bond acceptors (Lipinski definition) is 5. The fourth-order valence-corrected chi connectivity index (χ4v) is 5.38. The van der Waals surface area contributed by atoms with Gasteiger partial charge in [-0.25, -0.2) is 13.4 Å². The van der Waals surface area contributed by atoms with Crippen molar-refractivity contribution in [3.05, 3.63) is 95.5 Å². The zero-order valence-corrected chi connectivity index (χ0v) is 19.2. The predicted molar refractivity (Wildman–Crippen MR) is 129 cm³/mol. The maximum atomic E-state index is 13.1. The molecule has 6 nitrogen and oxygen atoms in total. The van der Waals surface area contributed by atoms with Crippen molar-refractivity contribution in [1.29, 1.82) is 0 Å². The van der Waals surface area contributed by atoms with Crippen LogP contribution in [0.15, 0.2) is 89.8 Å². The van der Waals surface area contributed by atoms with E-state index in [-0.39, 0.29) is 10.8 Å². The molecule has 0 saturated heterocycles. The highest BCUT2D eigenvalue weighted by Crippen LogP contribution is 2.29. The molecule has 0 fully saturated rings. The average molecular weight is 464 g/mol. The van der Waals surface area contributed by atoms with Gasteiger partial charge in [-0.2, -0.15) is 0 Å². The highest BCUT2D eigenvalue weighted by Gasteiger charge is 2.22. The first-order chi connectivity index (χ1) is 15.4. The molecule has 1 heterocycles. The molecule has 1 N–H and O–H groups in total. The topological polar surface area (TPSA) is 79.4 Å². The number of nitrogens with one attached hydrogen (secondary N) is 1. The molecular formula is C24H21N3O3S2. The highest BCUT2D eigenvalue weighted by molar-refractivity contribution is 7.92. The molecule has 0 bridgehead atoms. The Kier molecular flexibility index (Phi) is 6.07. The standard InChI is InChI=1S/C24H21N3O3S2/c1-17-22(31-24(25-17)18-10-5-3-6-11-18)23(28)26-19-12-9-15-21(16-19)32(29,30)27(2)20-13-7-4-8-14-20/h3-16H,1-2H3,(H,26,28). The summed E-state index contributed by atoms with van der Waals surface area (Å²) in [4.78, 5) is 18.0. The maximum absolute atomic E-state index is 13.1. The third-order valence-electron chi connectivity index (χ3n) is 4.89. The Morgan fingerprint density at radius 3 is 2.28 bits per heavy atom. The summed E-state index contributed by atoms with van der Waals surface area (Å²) in [5, 5.41) is 3.56. The van der Waals surface area contributed by atoms with E-state index in [1.807, 2.05) is 36.4 Å². The van der Waals surface area contributed by atoms with Gasteiger partial charge in [-0.3, -0.25) is 9.10 Å². The lowest BCUT2D eigenvalue weighted by Gasteiger charge is -2.19. The van der Waals surface area contributed by atoms with Crippen LogP contribution in [0, 0.1) is 6.92 Å². The van der Waals surface area contributed by atoms with Gasteiger partial charge in [-0.1, -0.05) is 54.6 Å². The first-order valence-corrected chi connectivity index (χ1v) is 12.1. The molecule has 0 unspecified atom stereocenters. The van der Waals surface area contributed by atoms with E-state index >= 15 is 0 Å². The summed E-state index contributed by atoms with van der Waals surface area (Å²) in [5.41, 5.74) is 2.51. The number of thiazole rings is 1. The normalized spacial score (nSPS) is 11.2. The van der Waals surface area contributed by atoms with Gasteiger partial charge in [0.15, 0.2) is 0 Å². The molecule has 162 valence electrons. The molecule has 0 aliphatic rings. The van der Waals surface area contributed by atoms with Gasteiger partial charge in [-0.15, -0.1) is 11.3 Å². The number of benzene rings is 3. The molecule has 0 radical (unpaired) electrons. The van der Waals surface area contributed by atoms with Crippen LogP contribution in [0.1, 0.15) is 15.4 Å². The van der Waals surface area contributed by atoms with Crippen molar-refractivity contribution in [1.82, 2.24) is 4.98 Å². The summed E-state index contributed by atoms with van der Waals surface area (Å²) >= 11 is 1.30. The van der Waals surface area contributed by atoms with Crippen LogP contribution in [0.2, 0.25) is 0 Å². The summed E-state index contributed by atoms with van der Waals surface area (Å²) < 4.78 is 27.3. The summed E-state index contributed by atoms with van der Waals surface area (Å²) in [6.07, 6.45) is 0. The van der Waals surface area contributed by atoms with E-state index in [2.05, 4.69) is 10.3 Å². The van der Waals surface area contributed by atoms with Crippen LogP contribution in [-0.4, -0.2) is 26.4 Å². The first kappa shape index (κ1) is 21.7. The van der Waals surface area contributed by atoms with Crippen LogP contribution in [0.25, 0.3) is 10.6 Å². The molecule has 0 atom stereocenters. The van der Waals surface area contributed by atoms with Crippen molar-refractivity contribution in [2.45, 2.75) is 11.8 Å². The van der Waals surface area contributed by atoms with E-state index in [9.17, 15) is 13.2 Å². The summed E-state index contributed by atoms with van der Waals surface area (Å²) in [6, 6.07) is 24.7. The summed E-state index contributed by atoms with van der Waals surface area (Å²) in [5.74, 6) is -0.326. The molecule has 1 aromatic heterocycles. The van der Waals surface area contributed by atoms with Gasteiger partial charge in [0.05, 0.1) is 16.3 Å². The Balaban J connectivity index is 1.57. The van der Waals surface area contributed by atoms with E-state index in [1.54, 1.807) is 43.3 Å². The smallest absolute Gasteiger partial charge is 0.267 e. The fourth-order valence-electron chi connectivity index (χ4n) is 3.17. The van der Waals surface area contributed by atoms with Crippen molar-refractivity contribution >= 4 is 38.6 Å². The number of aryl methyl sites for hydroxylation is 1. The van der Waals surface area contributed by atoms with E-state index in [0.29, 0.717) is 21.9 Å². The van der Waals surface area contributed by atoms with Crippen molar-refractivity contribution in [2.24, 2.45) is 0 Å². The molecule has 3 aromatic carbocycles. The minimum atomic E-state index is -3.78.